The number of rotatable bonds is 2. The van der Waals surface area contributed by atoms with E-state index < -0.39 is 5.82 Å². The van der Waals surface area contributed by atoms with Crippen molar-refractivity contribution in [1.29, 1.82) is 0 Å². The number of aromatic hydroxyl groups is 1. The van der Waals surface area contributed by atoms with Gasteiger partial charge in [-0.05, 0) is 46.3 Å². The third kappa shape index (κ3) is 3.32. The number of hydrogen-bond donors (Lipinski definition) is 1. The molecule has 1 N–H and O–H groups in total. The van der Waals surface area contributed by atoms with E-state index in [1.165, 1.54) is 12.1 Å². The van der Waals surface area contributed by atoms with E-state index in [2.05, 4.69) is 15.9 Å². The second kappa shape index (κ2) is 6.58. The highest BCUT2D eigenvalue weighted by Gasteiger charge is 2.24. The lowest BCUT2D eigenvalue weighted by Gasteiger charge is -2.36. The van der Waals surface area contributed by atoms with Crippen LogP contribution in [0.4, 0.5) is 10.1 Å². The van der Waals surface area contributed by atoms with Crippen molar-refractivity contribution in [3.05, 3.63) is 58.3 Å². The standard InChI is InChI=1S/C17H16BrFN2O2/c18-14-6-5-12(19)11-13(14)17(23)21-9-7-20(8-10-21)15-3-1-2-4-16(15)22/h1-6,11,22H,7-10H2. The number of carbonyl (C=O) groups excluding carboxylic acids is 1. The Hall–Kier alpha value is -2.08. The second-order valence-electron chi connectivity index (χ2n) is 5.39. The predicted molar refractivity (Wildman–Crippen MR) is 90.3 cm³/mol. The molecule has 1 aliphatic heterocycles. The summed E-state index contributed by atoms with van der Waals surface area (Å²) in [7, 11) is 0. The summed E-state index contributed by atoms with van der Waals surface area (Å²) < 4.78 is 14.0. The summed E-state index contributed by atoms with van der Waals surface area (Å²) in [4.78, 5) is 16.3. The fourth-order valence-electron chi connectivity index (χ4n) is 2.71. The smallest absolute Gasteiger partial charge is 0.255 e. The number of anilines is 1. The maximum atomic E-state index is 13.4. The van der Waals surface area contributed by atoms with Crippen LogP contribution in [0.3, 0.4) is 0 Å². The van der Waals surface area contributed by atoms with Gasteiger partial charge in [-0.2, -0.15) is 0 Å². The Kier molecular flexibility index (Phi) is 4.52. The fourth-order valence-corrected chi connectivity index (χ4v) is 3.13. The minimum atomic E-state index is -0.426. The molecule has 1 aliphatic rings. The van der Waals surface area contributed by atoms with E-state index in [1.807, 2.05) is 17.0 Å². The lowest BCUT2D eigenvalue weighted by molar-refractivity contribution is 0.0745. The molecule has 0 aliphatic carbocycles. The van der Waals surface area contributed by atoms with Gasteiger partial charge in [0.1, 0.15) is 11.6 Å². The highest BCUT2D eigenvalue weighted by Crippen LogP contribution is 2.28. The van der Waals surface area contributed by atoms with Crippen LogP contribution in [0.5, 0.6) is 5.75 Å². The molecule has 0 unspecified atom stereocenters. The Labute approximate surface area is 142 Å². The van der Waals surface area contributed by atoms with Crippen LogP contribution in [-0.2, 0) is 0 Å². The van der Waals surface area contributed by atoms with Gasteiger partial charge in [-0.1, -0.05) is 12.1 Å². The summed E-state index contributed by atoms with van der Waals surface area (Å²) >= 11 is 3.30. The molecule has 0 saturated carbocycles. The Balaban J connectivity index is 1.70. The number of para-hydroxylation sites is 2. The van der Waals surface area contributed by atoms with Gasteiger partial charge in [-0.15, -0.1) is 0 Å². The van der Waals surface area contributed by atoms with E-state index in [-0.39, 0.29) is 11.7 Å². The Morgan fingerprint density at radius 2 is 1.78 bits per heavy atom. The van der Waals surface area contributed by atoms with E-state index in [1.54, 1.807) is 23.1 Å². The van der Waals surface area contributed by atoms with Crippen molar-refractivity contribution in [3.8, 4) is 5.75 Å². The predicted octanol–water partition coefficient (Wildman–Crippen LogP) is 3.26. The number of carbonyl (C=O) groups is 1. The summed E-state index contributed by atoms with van der Waals surface area (Å²) in [5.41, 5.74) is 1.10. The minimum Gasteiger partial charge on any atom is -0.506 e. The molecule has 1 saturated heterocycles. The summed E-state index contributed by atoms with van der Waals surface area (Å²) in [5.74, 6) is -0.377. The van der Waals surface area contributed by atoms with Crippen molar-refractivity contribution in [1.82, 2.24) is 4.90 Å². The lowest BCUT2D eigenvalue weighted by Crippen LogP contribution is -2.48. The van der Waals surface area contributed by atoms with Gasteiger partial charge >= 0.3 is 0 Å². The molecule has 3 rings (SSSR count). The zero-order valence-electron chi connectivity index (χ0n) is 12.4. The van der Waals surface area contributed by atoms with Gasteiger partial charge in [0.2, 0.25) is 0 Å². The van der Waals surface area contributed by atoms with Crippen molar-refractivity contribution in [2.45, 2.75) is 0 Å². The van der Waals surface area contributed by atoms with Crippen LogP contribution >= 0.6 is 15.9 Å². The van der Waals surface area contributed by atoms with Crippen LogP contribution in [0.25, 0.3) is 0 Å². The maximum Gasteiger partial charge on any atom is 0.255 e. The topological polar surface area (TPSA) is 43.8 Å². The summed E-state index contributed by atoms with van der Waals surface area (Å²) in [6.07, 6.45) is 0. The van der Waals surface area contributed by atoms with Gasteiger partial charge < -0.3 is 14.9 Å². The first-order chi connectivity index (χ1) is 11.1. The normalized spacial score (nSPS) is 14.9. The van der Waals surface area contributed by atoms with Crippen molar-refractivity contribution in [2.75, 3.05) is 31.1 Å². The van der Waals surface area contributed by atoms with Crippen molar-refractivity contribution in [2.24, 2.45) is 0 Å². The molecule has 2 aromatic rings. The molecule has 2 aromatic carbocycles. The number of halogens is 2. The first-order valence-corrected chi connectivity index (χ1v) is 8.13. The average Bonchev–Trinajstić information content (AvgIpc) is 2.57. The Morgan fingerprint density at radius 1 is 1.09 bits per heavy atom. The van der Waals surface area contributed by atoms with Crippen molar-refractivity contribution >= 4 is 27.5 Å². The van der Waals surface area contributed by atoms with Gasteiger partial charge in [0.25, 0.3) is 5.91 Å². The Morgan fingerprint density at radius 3 is 2.48 bits per heavy atom. The zero-order chi connectivity index (χ0) is 16.4. The quantitative estimate of drug-likeness (QED) is 0.871. The number of benzene rings is 2. The van der Waals surface area contributed by atoms with E-state index in [0.717, 1.165) is 5.69 Å². The van der Waals surface area contributed by atoms with Gasteiger partial charge in [-0.3, -0.25) is 4.79 Å². The van der Waals surface area contributed by atoms with Crippen LogP contribution < -0.4 is 4.90 Å². The number of hydrogen-bond acceptors (Lipinski definition) is 3. The molecule has 0 atom stereocenters. The van der Waals surface area contributed by atoms with E-state index >= 15 is 0 Å². The van der Waals surface area contributed by atoms with E-state index in [9.17, 15) is 14.3 Å². The van der Waals surface area contributed by atoms with Crippen LogP contribution in [0.1, 0.15) is 10.4 Å². The molecule has 1 fully saturated rings. The molecule has 4 nitrogen and oxygen atoms in total. The third-order valence-electron chi connectivity index (χ3n) is 3.95. The molecule has 0 spiro atoms. The largest absolute Gasteiger partial charge is 0.506 e. The molecule has 120 valence electrons. The average molecular weight is 379 g/mol. The van der Waals surface area contributed by atoms with Crippen LogP contribution in [-0.4, -0.2) is 42.1 Å². The first-order valence-electron chi connectivity index (χ1n) is 7.33. The zero-order valence-corrected chi connectivity index (χ0v) is 14.0. The number of phenols is 1. The second-order valence-corrected chi connectivity index (χ2v) is 6.25. The number of amides is 1. The molecule has 0 radical (unpaired) electrons. The first kappa shape index (κ1) is 15.8. The monoisotopic (exact) mass is 378 g/mol. The highest BCUT2D eigenvalue weighted by molar-refractivity contribution is 9.10. The summed E-state index contributed by atoms with van der Waals surface area (Å²) in [6, 6.07) is 11.3. The van der Waals surface area contributed by atoms with Gasteiger partial charge in [0.15, 0.2) is 0 Å². The molecule has 0 aromatic heterocycles. The third-order valence-corrected chi connectivity index (χ3v) is 4.64. The number of piperazine rings is 1. The van der Waals surface area contributed by atoms with Crippen molar-refractivity contribution < 1.29 is 14.3 Å². The summed E-state index contributed by atoms with van der Waals surface area (Å²) in [6.45, 7) is 2.29. The maximum absolute atomic E-state index is 13.4. The van der Waals surface area contributed by atoms with Gasteiger partial charge in [0, 0.05) is 30.7 Å². The SMILES string of the molecule is O=C(c1cc(F)ccc1Br)N1CCN(c2ccccc2O)CC1. The minimum absolute atomic E-state index is 0.187. The molecule has 23 heavy (non-hydrogen) atoms. The molecular formula is C17H16BrFN2O2. The van der Waals surface area contributed by atoms with Gasteiger partial charge in [-0.25, -0.2) is 4.39 Å². The van der Waals surface area contributed by atoms with Gasteiger partial charge in [0.05, 0.1) is 11.3 Å². The number of nitrogens with zero attached hydrogens (tertiary/aromatic N) is 2. The van der Waals surface area contributed by atoms with Crippen LogP contribution in [0, 0.1) is 5.82 Å². The van der Waals surface area contributed by atoms with E-state index in [0.29, 0.717) is 36.2 Å². The number of phenolic OH excluding ortho intramolecular Hbond substituents is 1. The molecule has 1 amide bonds. The highest BCUT2D eigenvalue weighted by atomic mass is 79.9. The fraction of sp³-hybridized carbons (Fsp3) is 0.235. The van der Waals surface area contributed by atoms with E-state index in [4.69, 9.17) is 0 Å². The summed E-state index contributed by atoms with van der Waals surface area (Å²) in [5, 5.41) is 9.91. The molecular weight excluding hydrogens is 363 g/mol. The molecule has 1 heterocycles. The molecule has 6 heteroatoms. The lowest BCUT2D eigenvalue weighted by atomic mass is 10.1. The van der Waals surface area contributed by atoms with Crippen LogP contribution in [0.15, 0.2) is 46.9 Å². The van der Waals surface area contributed by atoms with Crippen LogP contribution in [0.2, 0.25) is 0 Å². The Bertz CT molecular complexity index is 730. The molecule has 0 bridgehead atoms. The van der Waals surface area contributed by atoms with Crippen molar-refractivity contribution in [3.63, 3.8) is 0 Å².